The van der Waals surface area contributed by atoms with E-state index in [1.165, 1.54) is 6.20 Å². The number of aromatic amines is 1. The third-order valence-electron chi connectivity index (χ3n) is 3.33. The Balaban J connectivity index is 1.96. The highest BCUT2D eigenvalue weighted by molar-refractivity contribution is 5.95. The van der Waals surface area contributed by atoms with Crippen LogP contribution in [0.5, 0.6) is 0 Å². The number of rotatable bonds is 3. The molecule has 1 saturated heterocycles. The molecule has 0 bridgehead atoms. The molecule has 1 aliphatic rings. The summed E-state index contributed by atoms with van der Waals surface area (Å²) in [5.41, 5.74) is 1.29. The summed E-state index contributed by atoms with van der Waals surface area (Å²) < 4.78 is 24.7. The number of halogens is 2. The van der Waals surface area contributed by atoms with Crippen molar-refractivity contribution in [3.8, 4) is 0 Å². The Morgan fingerprint density at radius 3 is 2.84 bits per heavy atom. The van der Waals surface area contributed by atoms with Crippen molar-refractivity contribution in [3.63, 3.8) is 0 Å². The lowest BCUT2D eigenvalue weighted by Crippen LogP contribution is -2.36. The topological polar surface area (TPSA) is 52.2 Å². The summed E-state index contributed by atoms with van der Waals surface area (Å²) in [6, 6.07) is 0. The number of aryl methyl sites for hydroxylation is 1. The second-order valence-electron chi connectivity index (χ2n) is 4.75. The third-order valence-corrected chi connectivity index (χ3v) is 3.33. The van der Waals surface area contributed by atoms with Crippen LogP contribution in [0.15, 0.2) is 6.20 Å². The molecule has 106 valence electrons. The molecule has 1 aromatic rings. The quantitative estimate of drug-likeness (QED) is 0.897. The molecule has 2 rings (SSSR count). The first-order valence-corrected chi connectivity index (χ1v) is 6.37. The van der Waals surface area contributed by atoms with Gasteiger partial charge in [-0.05, 0) is 13.3 Å². The van der Waals surface area contributed by atoms with E-state index in [0.29, 0.717) is 31.7 Å². The lowest BCUT2D eigenvalue weighted by atomic mass is 10.2. The van der Waals surface area contributed by atoms with Gasteiger partial charge in [0.15, 0.2) is 0 Å². The van der Waals surface area contributed by atoms with Crippen molar-refractivity contribution in [2.24, 2.45) is 0 Å². The van der Waals surface area contributed by atoms with E-state index in [4.69, 9.17) is 0 Å². The Labute approximate surface area is 110 Å². The van der Waals surface area contributed by atoms with Crippen molar-refractivity contribution in [3.05, 3.63) is 17.5 Å². The second-order valence-corrected chi connectivity index (χ2v) is 4.75. The van der Waals surface area contributed by atoms with Gasteiger partial charge in [0, 0.05) is 31.9 Å². The molecule has 1 amide bonds. The van der Waals surface area contributed by atoms with E-state index < -0.39 is 6.43 Å². The molecule has 5 nitrogen and oxygen atoms in total. The lowest BCUT2D eigenvalue weighted by Gasteiger charge is -2.21. The maximum absolute atomic E-state index is 12.3. The van der Waals surface area contributed by atoms with Gasteiger partial charge in [-0.15, -0.1) is 0 Å². The third kappa shape index (κ3) is 3.50. The molecule has 0 aromatic carbocycles. The summed E-state index contributed by atoms with van der Waals surface area (Å²) in [6.07, 6.45) is -0.0900. The van der Waals surface area contributed by atoms with Gasteiger partial charge in [-0.1, -0.05) is 0 Å². The predicted octanol–water partition coefficient (Wildman–Crippen LogP) is 1.13. The van der Waals surface area contributed by atoms with Crippen LogP contribution in [0.2, 0.25) is 0 Å². The van der Waals surface area contributed by atoms with Crippen molar-refractivity contribution in [2.45, 2.75) is 19.8 Å². The van der Waals surface area contributed by atoms with Crippen LogP contribution >= 0.6 is 0 Å². The van der Waals surface area contributed by atoms with Crippen LogP contribution in [0.25, 0.3) is 0 Å². The highest BCUT2D eigenvalue weighted by atomic mass is 19.3. The zero-order valence-electron chi connectivity index (χ0n) is 10.9. The molecule has 19 heavy (non-hydrogen) atoms. The van der Waals surface area contributed by atoms with Crippen LogP contribution in [0.3, 0.4) is 0 Å². The molecule has 1 N–H and O–H groups in total. The maximum Gasteiger partial charge on any atom is 0.257 e. The fourth-order valence-corrected chi connectivity index (χ4v) is 2.29. The van der Waals surface area contributed by atoms with Crippen LogP contribution in [0.1, 0.15) is 22.5 Å². The van der Waals surface area contributed by atoms with Crippen LogP contribution in [-0.2, 0) is 0 Å². The molecule has 0 spiro atoms. The predicted molar refractivity (Wildman–Crippen MR) is 66.3 cm³/mol. The smallest absolute Gasteiger partial charge is 0.257 e. The van der Waals surface area contributed by atoms with Crippen molar-refractivity contribution < 1.29 is 13.6 Å². The SMILES string of the molecule is Cc1[nH]ncc1C(=O)N1CCCN(CC(F)F)CC1. The Morgan fingerprint density at radius 2 is 2.21 bits per heavy atom. The summed E-state index contributed by atoms with van der Waals surface area (Å²) in [7, 11) is 0. The number of nitrogens with zero attached hydrogens (tertiary/aromatic N) is 3. The summed E-state index contributed by atoms with van der Waals surface area (Å²) in [5.74, 6) is -0.0786. The summed E-state index contributed by atoms with van der Waals surface area (Å²) in [6.45, 7) is 3.76. The molecule has 0 saturated carbocycles. The minimum absolute atomic E-state index is 0.0786. The van der Waals surface area contributed by atoms with Gasteiger partial charge in [0.25, 0.3) is 12.3 Å². The largest absolute Gasteiger partial charge is 0.337 e. The Hall–Kier alpha value is -1.50. The van der Waals surface area contributed by atoms with E-state index >= 15 is 0 Å². The van der Waals surface area contributed by atoms with Crippen LogP contribution in [-0.4, -0.2) is 65.1 Å². The van der Waals surface area contributed by atoms with Crippen LogP contribution < -0.4 is 0 Å². The molecule has 1 aliphatic heterocycles. The van der Waals surface area contributed by atoms with Gasteiger partial charge in [0.1, 0.15) is 0 Å². The maximum atomic E-state index is 12.3. The Bertz CT molecular complexity index is 435. The highest BCUT2D eigenvalue weighted by Crippen LogP contribution is 2.11. The fraction of sp³-hybridized carbons (Fsp3) is 0.667. The van der Waals surface area contributed by atoms with Gasteiger partial charge in [-0.3, -0.25) is 14.8 Å². The number of carbonyl (C=O) groups excluding carboxylic acids is 1. The van der Waals surface area contributed by atoms with Crippen molar-refractivity contribution in [2.75, 3.05) is 32.7 Å². The first-order valence-electron chi connectivity index (χ1n) is 6.37. The summed E-state index contributed by atoms with van der Waals surface area (Å²) in [5, 5.41) is 6.57. The van der Waals surface area contributed by atoms with Crippen LogP contribution in [0, 0.1) is 6.92 Å². The average Bonchev–Trinajstić information content (AvgIpc) is 2.64. The van der Waals surface area contributed by atoms with Gasteiger partial charge in [-0.2, -0.15) is 5.10 Å². The monoisotopic (exact) mass is 272 g/mol. The number of carbonyl (C=O) groups is 1. The van der Waals surface area contributed by atoms with Gasteiger partial charge in [0.05, 0.1) is 18.3 Å². The van der Waals surface area contributed by atoms with E-state index in [1.54, 1.807) is 16.7 Å². The van der Waals surface area contributed by atoms with E-state index in [0.717, 1.165) is 12.1 Å². The first kappa shape index (κ1) is 13.9. The number of H-pyrrole nitrogens is 1. The number of aromatic nitrogens is 2. The molecule has 1 aromatic heterocycles. The number of hydrogen-bond acceptors (Lipinski definition) is 3. The second kappa shape index (κ2) is 6.10. The minimum atomic E-state index is -2.32. The lowest BCUT2D eigenvalue weighted by molar-refractivity contribution is 0.0742. The first-order chi connectivity index (χ1) is 9.08. The Morgan fingerprint density at radius 1 is 1.42 bits per heavy atom. The molecule has 1 fully saturated rings. The van der Waals surface area contributed by atoms with E-state index in [-0.39, 0.29) is 12.5 Å². The van der Waals surface area contributed by atoms with Crippen molar-refractivity contribution in [1.29, 1.82) is 0 Å². The number of hydrogen-bond donors (Lipinski definition) is 1. The average molecular weight is 272 g/mol. The summed E-state index contributed by atoms with van der Waals surface area (Å²) in [4.78, 5) is 15.7. The normalized spacial score (nSPS) is 17.8. The zero-order chi connectivity index (χ0) is 13.8. The minimum Gasteiger partial charge on any atom is -0.337 e. The molecule has 0 radical (unpaired) electrons. The number of nitrogens with one attached hydrogen (secondary N) is 1. The van der Waals surface area contributed by atoms with E-state index in [1.807, 2.05) is 0 Å². The van der Waals surface area contributed by atoms with Crippen molar-refractivity contribution >= 4 is 5.91 Å². The molecular weight excluding hydrogens is 254 g/mol. The van der Waals surface area contributed by atoms with E-state index in [9.17, 15) is 13.6 Å². The molecular formula is C12H18F2N4O. The number of amides is 1. The zero-order valence-corrected chi connectivity index (χ0v) is 10.9. The van der Waals surface area contributed by atoms with E-state index in [2.05, 4.69) is 10.2 Å². The molecule has 7 heteroatoms. The Kier molecular flexibility index (Phi) is 4.47. The fourth-order valence-electron chi connectivity index (χ4n) is 2.29. The van der Waals surface area contributed by atoms with Gasteiger partial charge in [-0.25, -0.2) is 8.78 Å². The molecule has 0 aliphatic carbocycles. The standard InChI is InChI=1S/C12H18F2N4O/c1-9-10(7-15-16-9)12(19)18-4-2-3-17(5-6-18)8-11(13)14/h7,11H,2-6,8H2,1H3,(H,15,16). The van der Waals surface area contributed by atoms with Gasteiger partial charge in [0.2, 0.25) is 0 Å². The number of alkyl halides is 2. The summed E-state index contributed by atoms with van der Waals surface area (Å²) >= 11 is 0. The molecule has 2 heterocycles. The molecule has 0 unspecified atom stereocenters. The van der Waals surface area contributed by atoms with Crippen LogP contribution in [0.4, 0.5) is 8.78 Å². The van der Waals surface area contributed by atoms with Gasteiger partial charge >= 0.3 is 0 Å². The molecule has 0 atom stereocenters. The van der Waals surface area contributed by atoms with Crippen molar-refractivity contribution in [1.82, 2.24) is 20.0 Å². The highest BCUT2D eigenvalue weighted by Gasteiger charge is 2.23. The van der Waals surface area contributed by atoms with Gasteiger partial charge < -0.3 is 4.90 Å².